The molecule has 0 N–H and O–H groups in total. The number of rotatable bonds is 1. The van der Waals surface area contributed by atoms with E-state index >= 15 is 0 Å². The molecule has 1 saturated heterocycles. The summed E-state index contributed by atoms with van der Waals surface area (Å²) in [7, 11) is 0. The highest BCUT2D eigenvalue weighted by Crippen LogP contribution is 2.34. The molecule has 0 aliphatic carbocycles. The summed E-state index contributed by atoms with van der Waals surface area (Å²) in [6, 6.07) is 7.59. The summed E-state index contributed by atoms with van der Waals surface area (Å²) >= 11 is 6.39. The molecule has 94 valence electrons. The molecule has 19 heavy (non-hydrogen) atoms. The van der Waals surface area contributed by atoms with Crippen LogP contribution in [0, 0.1) is 18.3 Å². The zero-order valence-electron chi connectivity index (χ0n) is 10.1. The Balaban J connectivity index is 2.09. The van der Waals surface area contributed by atoms with Crippen molar-refractivity contribution in [2.45, 2.75) is 6.42 Å². The van der Waals surface area contributed by atoms with Gasteiger partial charge in [0.15, 0.2) is 0 Å². The van der Waals surface area contributed by atoms with E-state index in [4.69, 9.17) is 18.0 Å². The Labute approximate surface area is 116 Å². The lowest BCUT2D eigenvalue weighted by Gasteiger charge is -2.18. The Bertz CT molecular complexity index is 705. The molecule has 1 aromatic carbocycles. The summed E-state index contributed by atoms with van der Waals surface area (Å²) in [6.45, 7) is 0.509. The highest BCUT2D eigenvalue weighted by Gasteiger charge is 2.31. The Morgan fingerprint density at radius 2 is 2.21 bits per heavy atom. The summed E-state index contributed by atoms with van der Waals surface area (Å²) in [5.74, 6) is 2.58. The molecule has 1 aliphatic rings. The van der Waals surface area contributed by atoms with E-state index in [1.54, 1.807) is 11.1 Å². The van der Waals surface area contributed by atoms with Gasteiger partial charge in [0.25, 0.3) is 0 Å². The fraction of sp³-hybridized carbons (Fsp3) is 0.200. The highest BCUT2D eigenvalue weighted by molar-refractivity contribution is 6.38. The number of hydrogen-bond donors (Lipinski definition) is 0. The van der Waals surface area contributed by atoms with Crippen LogP contribution in [-0.2, 0) is 4.79 Å². The van der Waals surface area contributed by atoms with Crippen LogP contribution in [0.2, 0.25) is 5.02 Å². The van der Waals surface area contributed by atoms with Crippen LogP contribution < -0.4 is 4.90 Å². The van der Waals surface area contributed by atoms with Crippen molar-refractivity contribution in [2.24, 2.45) is 5.92 Å². The number of terminal acetylenes is 1. The van der Waals surface area contributed by atoms with E-state index in [9.17, 15) is 4.79 Å². The molecule has 0 bridgehead atoms. The second-order valence-electron chi connectivity index (χ2n) is 4.55. The SMILES string of the molecule is C#CC1CC(=O)N(c2cnc3ccccc3c2Cl)C1. The second-order valence-corrected chi connectivity index (χ2v) is 4.92. The second kappa shape index (κ2) is 4.56. The third kappa shape index (κ3) is 1.94. The minimum atomic E-state index is -0.0463. The smallest absolute Gasteiger partial charge is 0.228 e. The van der Waals surface area contributed by atoms with Gasteiger partial charge in [-0.15, -0.1) is 12.3 Å². The Morgan fingerprint density at radius 3 is 2.95 bits per heavy atom. The van der Waals surface area contributed by atoms with Gasteiger partial charge in [0.1, 0.15) is 0 Å². The summed E-state index contributed by atoms with van der Waals surface area (Å²) in [5.41, 5.74) is 1.46. The van der Waals surface area contributed by atoms with Crippen molar-refractivity contribution in [3.05, 3.63) is 35.5 Å². The number of nitrogens with zero attached hydrogens (tertiary/aromatic N) is 2. The number of benzene rings is 1. The predicted octanol–water partition coefficient (Wildman–Crippen LogP) is 2.87. The maximum absolute atomic E-state index is 12.0. The maximum Gasteiger partial charge on any atom is 0.228 e. The van der Waals surface area contributed by atoms with Crippen LogP contribution in [0.15, 0.2) is 30.5 Å². The molecule has 3 rings (SSSR count). The van der Waals surface area contributed by atoms with Crippen LogP contribution in [0.1, 0.15) is 6.42 Å². The average molecular weight is 271 g/mol. The first-order valence-corrected chi connectivity index (χ1v) is 6.38. The number of aromatic nitrogens is 1. The van der Waals surface area contributed by atoms with Crippen molar-refractivity contribution in [2.75, 3.05) is 11.4 Å². The van der Waals surface area contributed by atoms with Crippen molar-refractivity contribution in [1.29, 1.82) is 0 Å². The standard InChI is InChI=1S/C15H11ClN2O/c1-2-10-7-14(19)18(9-10)13-8-17-12-6-4-3-5-11(12)15(13)16/h1,3-6,8,10H,7,9H2. The van der Waals surface area contributed by atoms with Crippen molar-refractivity contribution < 1.29 is 4.79 Å². The molecule has 0 radical (unpaired) electrons. The molecule has 1 aromatic heterocycles. The number of anilines is 1. The minimum Gasteiger partial charge on any atom is -0.308 e. The van der Waals surface area contributed by atoms with Crippen LogP contribution in [-0.4, -0.2) is 17.4 Å². The minimum absolute atomic E-state index is 0.00179. The van der Waals surface area contributed by atoms with Gasteiger partial charge in [0.2, 0.25) is 5.91 Å². The Hall–Kier alpha value is -2.05. The van der Waals surface area contributed by atoms with E-state index < -0.39 is 0 Å². The molecule has 2 heterocycles. The third-order valence-corrected chi connectivity index (χ3v) is 3.74. The quantitative estimate of drug-likeness (QED) is 0.747. The van der Waals surface area contributed by atoms with Crippen molar-refractivity contribution in [1.82, 2.24) is 4.98 Å². The first-order chi connectivity index (χ1) is 9.20. The van der Waals surface area contributed by atoms with Gasteiger partial charge in [-0.1, -0.05) is 29.8 Å². The zero-order valence-corrected chi connectivity index (χ0v) is 10.9. The summed E-state index contributed by atoms with van der Waals surface area (Å²) < 4.78 is 0. The van der Waals surface area contributed by atoms with Crippen LogP contribution in [0.3, 0.4) is 0 Å². The van der Waals surface area contributed by atoms with Gasteiger partial charge >= 0.3 is 0 Å². The van der Waals surface area contributed by atoms with Crippen LogP contribution in [0.4, 0.5) is 5.69 Å². The lowest BCUT2D eigenvalue weighted by molar-refractivity contribution is -0.117. The molecule has 2 aromatic rings. The fourth-order valence-corrected chi connectivity index (χ4v) is 2.65. The predicted molar refractivity (Wildman–Crippen MR) is 76.0 cm³/mol. The molecule has 1 amide bonds. The number of fused-ring (bicyclic) bond motifs is 1. The average Bonchev–Trinajstić information content (AvgIpc) is 2.81. The van der Waals surface area contributed by atoms with Gasteiger partial charge in [0, 0.05) is 24.3 Å². The third-order valence-electron chi connectivity index (χ3n) is 3.34. The van der Waals surface area contributed by atoms with Gasteiger partial charge in [-0.2, -0.15) is 0 Å². The Kier molecular flexibility index (Phi) is 2.88. The van der Waals surface area contributed by atoms with E-state index in [-0.39, 0.29) is 11.8 Å². The molecule has 3 nitrogen and oxygen atoms in total. The number of halogens is 1. The van der Waals surface area contributed by atoms with E-state index in [0.29, 0.717) is 23.7 Å². The normalized spacial score (nSPS) is 18.8. The van der Waals surface area contributed by atoms with Gasteiger partial charge in [-0.25, -0.2) is 0 Å². The van der Waals surface area contributed by atoms with E-state index in [1.807, 2.05) is 24.3 Å². The van der Waals surface area contributed by atoms with E-state index in [0.717, 1.165) is 10.9 Å². The molecule has 4 heteroatoms. The molecule has 1 unspecified atom stereocenters. The highest BCUT2D eigenvalue weighted by atomic mass is 35.5. The van der Waals surface area contributed by atoms with Crippen LogP contribution in [0.25, 0.3) is 10.9 Å². The summed E-state index contributed by atoms with van der Waals surface area (Å²) in [6.07, 6.45) is 7.40. The maximum atomic E-state index is 12.0. The van der Waals surface area contributed by atoms with Gasteiger partial charge in [-0.3, -0.25) is 9.78 Å². The van der Waals surface area contributed by atoms with E-state index in [1.165, 1.54) is 0 Å². The lowest BCUT2D eigenvalue weighted by atomic mass is 10.1. The first kappa shape index (κ1) is 12.0. The fourth-order valence-electron chi connectivity index (χ4n) is 2.34. The molecular weight excluding hydrogens is 260 g/mol. The van der Waals surface area contributed by atoms with Gasteiger partial charge < -0.3 is 4.90 Å². The largest absolute Gasteiger partial charge is 0.308 e. The summed E-state index contributed by atoms with van der Waals surface area (Å²) in [5, 5.41) is 1.40. The molecular formula is C15H11ClN2O. The lowest BCUT2D eigenvalue weighted by Crippen LogP contribution is -2.24. The van der Waals surface area contributed by atoms with Crippen molar-refractivity contribution in [3.8, 4) is 12.3 Å². The zero-order chi connectivity index (χ0) is 13.4. The van der Waals surface area contributed by atoms with Gasteiger partial charge in [0.05, 0.1) is 22.4 Å². The molecule has 0 saturated carbocycles. The molecule has 0 spiro atoms. The number of para-hydroxylation sites is 1. The molecule has 1 fully saturated rings. The number of amides is 1. The number of pyridine rings is 1. The van der Waals surface area contributed by atoms with E-state index in [2.05, 4.69) is 10.9 Å². The molecule has 1 aliphatic heterocycles. The topological polar surface area (TPSA) is 33.2 Å². The monoisotopic (exact) mass is 270 g/mol. The van der Waals surface area contributed by atoms with Gasteiger partial charge in [-0.05, 0) is 6.07 Å². The Morgan fingerprint density at radius 1 is 1.42 bits per heavy atom. The van der Waals surface area contributed by atoms with Crippen molar-refractivity contribution in [3.63, 3.8) is 0 Å². The van der Waals surface area contributed by atoms with Crippen molar-refractivity contribution >= 4 is 34.1 Å². The first-order valence-electron chi connectivity index (χ1n) is 6.00. The summed E-state index contributed by atoms with van der Waals surface area (Å²) in [4.78, 5) is 17.9. The van der Waals surface area contributed by atoms with Crippen LogP contribution >= 0.6 is 11.6 Å². The number of hydrogen-bond acceptors (Lipinski definition) is 2. The molecule has 1 atom stereocenters. The number of carbonyl (C=O) groups excluding carboxylic acids is 1. The number of carbonyl (C=O) groups is 1. The van der Waals surface area contributed by atoms with Crippen LogP contribution in [0.5, 0.6) is 0 Å².